The molecule has 1 amide bonds. The number of sulfonamides is 1. The topological polar surface area (TPSA) is 116 Å². The number of nitrogens with one attached hydrogen (secondary N) is 1. The molecule has 0 atom stereocenters. The van der Waals surface area contributed by atoms with Gasteiger partial charge in [-0.2, -0.15) is 5.10 Å². The minimum absolute atomic E-state index is 0.0154. The minimum Gasteiger partial charge on any atom is -0.497 e. The summed E-state index contributed by atoms with van der Waals surface area (Å²) in [4.78, 5) is 12.9. The van der Waals surface area contributed by atoms with E-state index in [4.69, 9.17) is 18.9 Å². The normalized spacial score (nSPS) is 11.2. The van der Waals surface area contributed by atoms with Crippen LogP contribution < -0.4 is 28.7 Å². The highest BCUT2D eigenvalue weighted by atomic mass is 32.2. The third-order valence-corrected chi connectivity index (χ3v) is 7.03. The summed E-state index contributed by atoms with van der Waals surface area (Å²) in [6, 6.07) is 17.7. The standard InChI is InChI=1S/C27H31N3O7S/c1-5-36-25-16-11-20(17-26(25)37-6-2)18-28-29-27(31)19-30(23-9-7-8-10-24(23)35-4)38(32,33)22-14-12-21(34-3)13-15-22/h7-18H,5-6,19H2,1-4H3,(H,29,31)/b28-18-. The zero-order chi connectivity index (χ0) is 27.5. The van der Waals surface area contributed by atoms with E-state index in [2.05, 4.69) is 10.5 Å². The van der Waals surface area contributed by atoms with Crippen molar-refractivity contribution in [3.63, 3.8) is 0 Å². The summed E-state index contributed by atoms with van der Waals surface area (Å²) in [6.07, 6.45) is 1.43. The molecular weight excluding hydrogens is 510 g/mol. The van der Waals surface area contributed by atoms with Gasteiger partial charge in [0.15, 0.2) is 11.5 Å². The number of carbonyl (C=O) groups excluding carboxylic acids is 1. The molecule has 1 N–H and O–H groups in total. The van der Waals surface area contributed by atoms with E-state index in [1.165, 1.54) is 44.7 Å². The van der Waals surface area contributed by atoms with Crippen LogP contribution in [0.1, 0.15) is 19.4 Å². The van der Waals surface area contributed by atoms with Gasteiger partial charge < -0.3 is 18.9 Å². The fourth-order valence-corrected chi connectivity index (χ4v) is 4.93. The molecule has 0 spiro atoms. The number of hydrogen-bond donors (Lipinski definition) is 1. The zero-order valence-corrected chi connectivity index (χ0v) is 22.5. The Balaban J connectivity index is 1.84. The average molecular weight is 542 g/mol. The van der Waals surface area contributed by atoms with Gasteiger partial charge in [0.05, 0.1) is 44.2 Å². The van der Waals surface area contributed by atoms with E-state index >= 15 is 0 Å². The maximum absolute atomic E-state index is 13.6. The molecule has 0 heterocycles. The first-order valence-corrected chi connectivity index (χ1v) is 13.3. The summed E-state index contributed by atoms with van der Waals surface area (Å²) in [5.74, 6) is 1.30. The number of carbonyl (C=O) groups is 1. The Morgan fingerprint density at radius 3 is 2.24 bits per heavy atom. The van der Waals surface area contributed by atoms with Crippen molar-refractivity contribution in [2.45, 2.75) is 18.7 Å². The smallest absolute Gasteiger partial charge is 0.264 e. The van der Waals surface area contributed by atoms with Crippen molar-refractivity contribution in [3.8, 4) is 23.0 Å². The predicted octanol–water partition coefficient (Wildman–Crippen LogP) is 3.85. The number of benzene rings is 3. The summed E-state index contributed by atoms with van der Waals surface area (Å²) in [7, 11) is -1.24. The summed E-state index contributed by atoms with van der Waals surface area (Å²) < 4.78 is 49.8. The second kappa shape index (κ2) is 13.3. The average Bonchev–Trinajstić information content (AvgIpc) is 2.93. The lowest BCUT2D eigenvalue weighted by molar-refractivity contribution is -0.119. The van der Waals surface area contributed by atoms with Crippen molar-refractivity contribution < 1.29 is 32.2 Å². The minimum atomic E-state index is -4.15. The van der Waals surface area contributed by atoms with Crippen LogP contribution in [0.5, 0.6) is 23.0 Å². The van der Waals surface area contributed by atoms with Crippen LogP contribution in [-0.2, 0) is 14.8 Å². The first-order valence-electron chi connectivity index (χ1n) is 11.8. The summed E-state index contributed by atoms with van der Waals surface area (Å²) in [6.45, 7) is 4.15. The summed E-state index contributed by atoms with van der Waals surface area (Å²) in [5.41, 5.74) is 3.26. The number of rotatable bonds is 13. The van der Waals surface area contributed by atoms with Gasteiger partial charge in [-0.1, -0.05) is 12.1 Å². The third-order valence-electron chi connectivity index (χ3n) is 5.26. The number of nitrogens with zero attached hydrogens (tertiary/aromatic N) is 2. The number of ether oxygens (including phenoxy) is 4. The van der Waals surface area contributed by atoms with E-state index in [-0.39, 0.29) is 10.6 Å². The summed E-state index contributed by atoms with van der Waals surface area (Å²) >= 11 is 0. The molecule has 0 saturated carbocycles. The van der Waals surface area contributed by atoms with Crippen molar-refractivity contribution >= 4 is 27.8 Å². The highest BCUT2D eigenvalue weighted by molar-refractivity contribution is 7.92. The van der Waals surface area contributed by atoms with Crippen LogP contribution in [0.25, 0.3) is 0 Å². The van der Waals surface area contributed by atoms with Crippen molar-refractivity contribution in [2.24, 2.45) is 5.10 Å². The lowest BCUT2D eigenvalue weighted by atomic mass is 10.2. The van der Waals surface area contributed by atoms with Crippen LogP contribution >= 0.6 is 0 Å². The molecule has 11 heteroatoms. The van der Waals surface area contributed by atoms with Crippen LogP contribution in [-0.4, -0.2) is 54.5 Å². The molecule has 3 aromatic rings. The van der Waals surface area contributed by atoms with Gasteiger partial charge in [-0.05, 0) is 74.0 Å². The van der Waals surface area contributed by atoms with Gasteiger partial charge in [0.2, 0.25) is 0 Å². The largest absolute Gasteiger partial charge is 0.497 e. The van der Waals surface area contributed by atoms with Crippen LogP contribution in [0.3, 0.4) is 0 Å². The van der Waals surface area contributed by atoms with Gasteiger partial charge in [-0.25, -0.2) is 13.8 Å². The summed E-state index contributed by atoms with van der Waals surface area (Å²) in [5, 5.41) is 4.00. The molecule has 10 nitrogen and oxygen atoms in total. The molecule has 3 rings (SSSR count). The SMILES string of the molecule is CCOc1ccc(/C=N\NC(=O)CN(c2ccccc2OC)S(=O)(=O)c2ccc(OC)cc2)cc1OCC. The Hall–Kier alpha value is -4.25. The van der Waals surface area contributed by atoms with Gasteiger partial charge in [0.25, 0.3) is 15.9 Å². The number of methoxy groups -OCH3 is 2. The fourth-order valence-electron chi connectivity index (χ4n) is 3.50. The Labute approximate surface area is 222 Å². The predicted molar refractivity (Wildman–Crippen MR) is 145 cm³/mol. The van der Waals surface area contributed by atoms with Crippen LogP contribution in [0.4, 0.5) is 5.69 Å². The highest BCUT2D eigenvalue weighted by Gasteiger charge is 2.29. The zero-order valence-electron chi connectivity index (χ0n) is 21.7. The van der Waals surface area contributed by atoms with Crippen molar-refractivity contribution in [1.29, 1.82) is 0 Å². The van der Waals surface area contributed by atoms with Crippen LogP contribution in [0, 0.1) is 0 Å². The van der Waals surface area contributed by atoms with Gasteiger partial charge in [0, 0.05) is 0 Å². The highest BCUT2D eigenvalue weighted by Crippen LogP contribution is 2.32. The number of hydrogen-bond acceptors (Lipinski definition) is 8. The Morgan fingerprint density at radius 2 is 1.58 bits per heavy atom. The number of amides is 1. The molecule has 38 heavy (non-hydrogen) atoms. The Morgan fingerprint density at radius 1 is 0.895 bits per heavy atom. The molecule has 3 aromatic carbocycles. The van der Waals surface area contributed by atoms with Crippen molar-refractivity contribution in [2.75, 3.05) is 38.3 Å². The van der Waals surface area contributed by atoms with Crippen LogP contribution in [0.15, 0.2) is 76.7 Å². The van der Waals surface area contributed by atoms with E-state index in [9.17, 15) is 13.2 Å². The van der Waals surface area contributed by atoms with E-state index in [1.807, 2.05) is 13.8 Å². The Bertz CT molecular complexity index is 1360. The number of para-hydroxylation sites is 2. The molecule has 0 aliphatic carbocycles. The molecular formula is C27H31N3O7S. The monoisotopic (exact) mass is 541 g/mol. The van der Waals surface area contributed by atoms with Gasteiger partial charge in [-0.15, -0.1) is 0 Å². The third kappa shape index (κ3) is 6.94. The number of hydrazone groups is 1. The van der Waals surface area contributed by atoms with Gasteiger partial charge >= 0.3 is 0 Å². The molecule has 0 radical (unpaired) electrons. The van der Waals surface area contributed by atoms with E-state index in [1.54, 1.807) is 42.5 Å². The maximum atomic E-state index is 13.6. The molecule has 0 bridgehead atoms. The van der Waals surface area contributed by atoms with E-state index < -0.39 is 22.5 Å². The number of anilines is 1. The molecule has 0 aliphatic heterocycles. The lowest BCUT2D eigenvalue weighted by Gasteiger charge is -2.25. The lowest BCUT2D eigenvalue weighted by Crippen LogP contribution is -2.39. The second-order valence-electron chi connectivity index (χ2n) is 7.72. The fraction of sp³-hybridized carbons (Fsp3) is 0.259. The second-order valence-corrected chi connectivity index (χ2v) is 9.59. The molecule has 0 unspecified atom stereocenters. The van der Waals surface area contributed by atoms with Crippen molar-refractivity contribution in [3.05, 3.63) is 72.3 Å². The van der Waals surface area contributed by atoms with Gasteiger partial charge in [-0.3, -0.25) is 9.10 Å². The first kappa shape index (κ1) is 28.3. The first-order chi connectivity index (χ1) is 18.3. The van der Waals surface area contributed by atoms with Gasteiger partial charge in [0.1, 0.15) is 18.0 Å². The molecule has 0 aromatic heterocycles. The molecule has 0 saturated heterocycles. The molecule has 202 valence electrons. The van der Waals surface area contributed by atoms with E-state index in [0.29, 0.717) is 41.8 Å². The molecule has 0 fully saturated rings. The van der Waals surface area contributed by atoms with E-state index in [0.717, 1.165) is 4.31 Å². The Kier molecular flexibility index (Phi) is 9.94. The van der Waals surface area contributed by atoms with Crippen molar-refractivity contribution in [1.82, 2.24) is 5.43 Å². The maximum Gasteiger partial charge on any atom is 0.264 e. The van der Waals surface area contributed by atoms with Crippen LogP contribution in [0.2, 0.25) is 0 Å². The quantitative estimate of drug-likeness (QED) is 0.258. The molecule has 0 aliphatic rings.